The zero-order valence-electron chi connectivity index (χ0n) is 14.8. The smallest absolute Gasteiger partial charge is 0.493 e. The van der Waals surface area contributed by atoms with Crippen LogP contribution in [0, 0.1) is 0 Å². The quantitative estimate of drug-likeness (QED) is 0.616. The van der Waals surface area contributed by atoms with Gasteiger partial charge in [-0.2, -0.15) is 0 Å². The van der Waals surface area contributed by atoms with Crippen LogP contribution in [0.2, 0.25) is 0 Å². The van der Waals surface area contributed by atoms with Crippen LogP contribution in [0.15, 0.2) is 18.2 Å². The fourth-order valence-electron chi connectivity index (χ4n) is 2.32. The van der Waals surface area contributed by atoms with Crippen LogP contribution in [0.25, 0.3) is 0 Å². The Morgan fingerprint density at radius 3 is 2.22 bits per heavy atom. The van der Waals surface area contributed by atoms with Gasteiger partial charge < -0.3 is 18.8 Å². The summed E-state index contributed by atoms with van der Waals surface area (Å²) in [7, 11) is -0.524. The number of hydrogen-bond donors (Lipinski definition) is 0. The summed E-state index contributed by atoms with van der Waals surface area (Å²) in [6, 6.07) is 5.34. The lowest BCUT2D eigenvalue weighted by molar-refractivity contribution is 0.00578. The molecule has 0 saturated carbocycles. The fraction of sp³-hybridized carbons (Fsp3) is 0.588. The van der Waals surface area contributed by atoms with Gasteiger partial charge >= 0.3 is 13.1 Å². The SMILES string of the molecule is CCOC(=O)c1cc(B2OC(C)(C)C(C)(C)O2)ccc1OCC. The van der Waals surface area contributed by atoms with E-state index in [1.165, 1.54) is 0 Å². The number of benzene rings is 1. The van der Waals surface area contributed by atoms with Crippen molar-refractivity contribution in [2.24, 2.45) is 0 Å². The van der Waals surface area contributed by atoms with Crippen molar-refractivity contribution in [2.75, 3.05) is 13.2 Å². The minimum Gasteiger partial charge on any atom is -0.493 e. The molecule has 0 bridgehead atoms. The van der Waals surface area contributed by atoms with Crippen molar-refractivity contribution in [3.05, 3.63) is 23.8 Å². The maximum absolute atomic E-state index is 12.2. The molecule has 1 aliphatic rings. The number of rotatable bonds is 5. The van der Waals surface area contributed by atoms with Crippen molar-refractivity contribution in [1.29, 1.82) is 0 Å². The number of carbonyl (C=O) groups is 1. The first-order valence-corrected chi connectivity index (χ1v) is 8.01. The van der Waals surface area contributed by atoms with E-state index in [1.807, 2.05) is 40.7 Å². The van der Waals surface area contributed by atoms with Gasteiger partial charge in [-0.1, -0.05) is 6.07 Å². The lowest BCUT2D eigenvalue weighted by atomic mass is 9.78. The van der Waals surface area contributed by atoms with Gasteiger partial charge in [-0.15, -0.1) is 0 Å². The molecule has 0 amide bonds. The Hall–Kier alpha value is -1.53. The van der Waals surface area contributed by atoms with Crippen LogP contribution in [-0.4, -0.2) is 37.5 Å². The Bertz CT molecular complexity index is 566. The van der Waals surface area contributed by atoms with Gasteiger partial charge in [0.1, 0.15) is 11.3 Å². The summed E-state index contributed by atoms with van der Waals surface area (Å²) in [5.74, 6) is 0.0977. The Morgan fingerprint density at radius 2 is 1.70 bits per heavy atom. The first kappa shape index (κ1) is 17.8. The van der Waals surface area contributed by atoms with E-state index in [-0.39, 0.29) is 0 Å². The third-order valence-corrected chi connectivity index (χ3v) is 4.32. The second-order valence-corrected chi connectivity index (χ2v) is 6.50. The summed E-state index contributed by atoms with van der Waals surface area (Å²) in [5.41, 5.74) is 0.303. The number of carbonyl (C=O) groups excluding carboxylic acids is 1. The van der Waals surface area contributed by atoms with Crippen molar-refractivity contribution in [2.45, 2.75) is 52.7 Å². The van der Waals surface area contributed by atoms with E-state index in [9.17, 15) is 4.79 Å². The molecule has 1 heterocycles. The van der Waals surface area contributed by atoms with Gasteiger partial charge in [0.2, 0.25) is 0 Å². The minimum absolute atomic E-state index is 0.311. The van der Waals surface area contributed by atoms with E-state index in [4.69, 9.17) is 18.8 Å². The van der Waals surface area contributed by atoms with Gasteiger partial charge in [0.15, 0.2) is 0 Å². The van der Waals surface area contributed by atoms with E-state index in [1.54, 1.807) is 19.1 Å². The predicted molar refractivity (Wildman–Crippen MR) is 89.3 cm³/mol. The molecule has 1 fully saturated rings. The van der Waals surface area contributed by atoms with Gasteiger partial charge in [0.05, 0.1) is 24.4 Å². The Morgan fingerprint density at radius 1 is 1.09 bits per heavy atom. The third-order valence-electron chi connectivity index (χ3n) is 4.32. The summed E-state index contributed by atoms with van der Waals surface area (Å²) < 4.78 is 22.7. The lowest BCUT2D eigenvalue weighted by Crippen LogP contribution is -2.41. The molecule has 6 heteroatoms. The predicted octanol–water partition coefficient (Wildman–Crippen LogP) is 2.56. The molecule has 5 nitrogen and oxygen atoms in total. The van der Waals surface area contributed by atoms with Crippen LogP contribution in [0.1, 0.15) is 51.9 Å². The Kier molecular flexibility index (Phi) is 5.06. The average Bonchev–Trinajstić information content (AvgIpc) is 2.68. The molecule has 1 aliphatic heterocycles. The highest BCUT2D eigenvalue weighted by molar-refractivity contribution is 6.62. The molecule has 0 N–H and O–H groups in total. The summed E-state index contributed by atoms with van der Waals surface area (Å²) in [5, 5.41) is 0. The Balaban J connectivity index is 2.34. The molecule has 0 radical (unpaired) electrons. The van der Waals surface area contributed by atoms with E-state index in [2.05, 4.69) is 0 Å². The maximum atomic E-state index is 12.2. The van der Waals surface area contributed by atoms with Gasteiger partial charge in [-0.25, -0.2) is 4.79 Å². The monoisotopic (exact) mass is 320 g/mol. The molecule has 0 spiro atoms. The van der Waals surface area contributed by atoms with Crippen LogP contribution >= 0.6 is 0 Å². The van der Waals surface area contributed by atoms with Crippen molar-refractivity contribution in [3.63, 3.8) is 0 Å². The highest BCUT2D eigenvalue weighted by Crippen LogP contribution is 2.36. The largest absolute Gasteiger partial charge is 0.494 e. The third kappa shape index (κ3) is 3.53. The van der Waals surface area contributed by atoms with Gasteiger partial charge in [-0.05, 0) is 59.1 Å². The average molecular weight is 320 g/mol. The van der Waals surface area contributed by atoms with Crippen LogP contribution in [-0.2, 0) is 14.0 Å². The molecule has 1 aromatic carbocycles. The van der Waals surface area contributed by atoms with E-state index >= 15 is 0 Å². The number of hydrogen-bond acceptors (Lipinski definition) is 5. The van der Waals surface area contributed by atoms with Crippen molar-refractivity contribution in [1.82, 2.24) is 0 Å². The molecule has 0 aromatic heterocycles. The standard InChI is InChI=1S/C17H25BO5/c1-7-20-14-10-9-12(11-13(14)15(19)21-8-2)18-22-16(3,4)17(5,6)23-18/h9-11H,7-8H2,1-6H3. The van der Waals surface area contributed by atoms with E-state index in [0.29, 0.717) is 24.5 Å². The normalized spacial score (nSPS) is 18.8. The molecule has 126 valence electrons. The molecule has 0 aliphatic carbocycles. The molecule has 0 atom stereocenters. The van der Waals surface area contributed by atoms with Crippen molar-refractivity contribution in [3.8, 4) is 5.75 Å². The van der Waals surface area contributed by atoms with E-state index < -0.39 is 24.3 Å². The summed E-state index contributed by atoms with van der Waals surface area (Å²) in [4.78, 5) is 12.2. The topological polar surface area (TPSA) is 54.0 Å². The zero-order chi connectivity index (χ0) is 17.3. The summed E-state index contributed by atoms with van der Waals surface area (Å²) in [6.07, 6.45) is 0. The Labute approximate surface area is 138 Å². The molecular weight excluding hydrogens is 295 g/mol. The number of ether oxygens (including phenoxy) is 2. The van der Waals surface area contributed by atoms with Crippen molar-refractivity contribution < 1.29 is 23.6 Å². The molecule has 0 unspecified atom stereocenters. The first-order valence-electron chi connectivity index (χ1n) is 8.01. The summed E-state index contributed by atoms with van der Waals surface area (Å²) >= 11 is 0. The molecule has 1 saturated heterocycles. The second-order valence-electron chi connectivity index (χ2n) is 6.50. The zero-order valence-corrected chi connectivity index (χ0v) is 14.8. The van der Waals surface area contributed by atoms with Crippen LogP contribution in [0.3, 0.4) is 0 Å². The maximum Gasteiger partial charge on any atom is 0.494 e. The van der Waals surface area contributed by atoms with Crippen LogP contribution in [0.4, 0.5) is 0 Å². The summed E-state index contributed by atoms with van der Waals surface area (Å²) in [6.45, 7) is 12.4. The highest BCUT2D eigenvalue weighted by atomic mass is 16.7. The fourth-order valence-corrected chi connectivity index (χ4v) is 2.32. The van der Waals surface area contributed by atoms with Crippen LogP contribution in [0.5, 0.6) is 5.75 Å². The molecule has 1 aromatic rings. The highest BCUT2D eigenvalue weighted by Gasteiger charge is 2.51. The first-order chi connectivity index (χ1) is 10.7. The molecular formula is C17H25BO5. The molecule has 2 rings (SSSR count). The van der Waals surface area contributed by atoms with Crippen LogP contribution < -0.4 is 10.2 Å². The minimum atomic E-state index is -0.524. The van der Waals surface area contributed by atoms with Gasteiger partial charge in [0, 0.05) is 0 Å². The number of esters is 1. The van der Waals surface area contributed by atoms with E-state index in [0.717, 1.165) is 5.46 Å². The van der Waals surface area contributed by atoms with Gasteiger partial charge in [0.25, 0.3) is 0 Å². The molecule has 23 heavy (non-hydrogen) atoms. The van der Waals surface area contributed by atoms with Gasteiger partial charge in [-0.3, -0.25) is 0 Å². The lowest BCUT2D eigenvalue weighted by Gasteiger charge is -2.32. The van der Waals surface area contributed by atoms with Crippen molar-refractivity contribution >= 4 is 18.6 Å². The second kappa shape index (κ2) is 6.53.